The SMILES string of the molecule is Cc1ccc(NC(=O)CCN2C(=O)C(=Cc3ccccc3)SC2=S)cc1C. The lowest BCUT2D eigenvalue weighted by atomic mass is 10.1. The molecular formula is C21H20N2O2S2. The Labute approximate surface area is 168 Å². The predicted molar refractivity (Wildman–Crippen MR) is 115 cm³/mol. The van der Waals surface area contributed by atoms with E-state index in [4.69, 9.17) is 12.2 Å². The number of thioether (sulfide) groups is 1. The molecule has 6 heteroatoms. The van der Waals surface area contributed by atoms with Gasteiger partial charge in [0.1, 0.15) is 4.32 Å². The number of hydrogen-bond acceptors (Lipinski definition) is 4. The van der Waals surface area contributed by atoms with E-state index in [0.29, 0.717) is 9.23 Å². The third-order valence-corrected chi connectivity index (χ3v) is 5.70. The maximum atomic E-state index is 12.6. The van der Waals surface area contributed by atoms with E-state index in [2.05, 4.69) is 5.32 Å². The average Bonchev–Trinajstić information content (AvgIpc) is 2.90. The molecule has 0 aliphatic carbocycles. The molecule has 1 N–H and O–H groups in total. The summed E-state index contributed by atoms with van der Waals surface area (Å²) in [6, 6.07) is 15.4. The van der Waals surface area contributed by atoms with Crippen LogP contribution in [0.3, 0.4) is 0 Å². The molecule has 2 aromatic carbocycles. The van der Waals surface area contributed by atoms with E-state index in [1.165, 1.54) is 22.2 Å². The fourth-order valence-corrected chi connectivity index (χ4v) is 3.96. The summed E-state index contributed by atoms with van der Waals surface area (Å²) in [7, 11) is 0. The molecule has 138 valence electrons. The second-order valence-electron chi connectivity index (χ2n) is 6.34. The van der Waals surface area contributed by atoms with Crippen molar-refractivity contribution in [1.82, 2.24) is 4.90 Å². The third kappa shape index (κ3) is 4.84. The molecule has 1 saturated heterocycles. The molecule has 1 heterocycles. The van der Waals surface area contributed by atoms with Crippen LogP contribution in [-0.2, 0) is 9.59 Å². The van der Waals surface area contributed by atoms with Crippen molar-refractivity contribution in [2.75, 3.05) is 11.9 Å². The lowest BCUT2D eigenvalue weighted by molar-refractivity contribution is -0.122. The number of rotatable bonds is 5. The van der Waals surface area contributed by atoms with Gasteiger partial charge in [-0.3, -0.25) is 14.5 Å². The standard InChI is InChI=1S/C21H20N2O2S2/c1-14-8-9-17(12-15(14)2)22-19(24)10-11-23-20(25)18(27-21(23)26)13-16-6-4-3-5-7-16/h3-9,12-13H,10-11H2,1-2H3,(H,22,24). The highest BCUT2D eigenvalue weighted by molar-refractivity contribution is 8.26. The van der Waals surface area contributed by atoms with E-state index in [-0.39, 0.29) is 24.8 Å². The smallest absolute Gasteiger partial charge is 0.266 e. The van der Waals surface area contributed by atoms with E-state index in [1.54, 1.807) is 0 Å². The lowest BCUT2D eigenvalue weighted by Crippen LogP contribution is -2.31. The van der Waals surface area contributed by atoms with Gasteiger partial charge in [0.05, 0.1) is 4.91 Å². The minimum Gasteiger partial charge on any atom is -0.326 e. The zero-order chi connectivity index (χ0) is 19.4. The molecule has 0 unspecified atom stereocenters. The zero-order valence-corrected chi connectivity index (χ0v) is 16.8. The number of aryl methyl sites for hydroxylation is 2. The largest absolute Gasteiger partial charge is 0.326 e. The van der Waals surface area contributed by atoms with Crippen LogP contribution < -0.4 is 5.32 Å². The molecule has 0 atom stereocenters. The van der Waals surface area contributed by atoms with Crippen LogP contribution in [0.15, 0.2) is 53.4 Å². The summed E-state index contributed by atoms with van der Waals surface area (Å²) in [5.74, 6) is -0.285. The number of carbonyl (C=O) groups is 2. The summed E-state index contributed by atoms with van der Waals surface area (Å²) in [5, 5.41) is 2.87. The van der Waals surface area contributed by atoms with Crippen molar-refractivity contribution >= 4 is 51.9 Å². The van der Waals surface area contributed by atoms with Gasteiger partial charge in [0.2, 0.25) is 5.91 Å². The fraction of sp³-hybridized carbons (Fsp3) is 0.190. The van der Waals surface area contributed by atoms with Gasteiger partial charge in [-0.1, -0.05) is 60.4 Å². The maximum absolute atomic E-state index is 12.6. The Morgan fingerprint density at radius 2 is 1.89 bits per heavy atom. The van der Waals surface area contributed by atoms with Gasteiger partial charge in [-0.25, -0.2) is 0 Å². The first kappa shape index (κ1) is 19.3. The van der Waals surface area contributed by atoms with Gasteiger partial charge in [-0.15, -0.1) is 0 Å². The highest BCUT2D eigenvalue weighted by atomic mass is 32.2. The van der Waals surface area contributed by atoms with Gasteiger partial charge in [0.15, 0.2) is 0 Å². The Bertz CT molecular complexity index is 923. The molecule has 0 bridgehead atoms. The lowest BCUT2D eigenvalue weighted by Gasteiger charge is -2.14. The van der Waals surface area contributed by atoms with Crippen molar-refractivity contribution < 1.29 is 9.59 Å². The summed E-state index contributed by atoms with van der Waals surface area (Å²) in [5.41, 5.74) is 4.01. The molecule has 2 aromatic rings. The minimum absolute atomic E-state index is 0.139. The van der Waals surface area contributed by atoms with E-state index >= 15 is 0 Å². The molecule has 0 aromatic heterocycles. The van der Waals surface area contributed by atoms with E-state index in [0.717, 1.165) is 16.8 Å². The van der Waals surface area contributed by atoms with Crippen molar-refractivity contribution in [2.45, 2.75) is 20.3 Å². The van der Waals surface area contributed by atoms with Crippen LogP contribution >= 0.6 is 24.0 Å². The normalized spacial score (nSPS) is 15.5. The van der Waals surface area contributed by atoms with Crippen LogP contribution in [0, 0.1) is 13.8 Å². The van der Waals surface area contributed by atoms with Crippen LogP contribution in [0.2, 0.25) is 0 Å². The molecule has 3 rings (SSSR count). The fourth-order valence-electron chi connectivity index (χ4n) is 2.65. The Balaban J connectivity index is 1.59. The second-order valence-corrected chi connectivity index (χ2v) is 8.02. The summed E-state index contributed by atoms with van der Waals surface area (Å²) < 4.78 is 0.487. The summed E-state index contributed by atoms with van der Waals surface area (Å²) >= 11 is 6.59. The van der Waals surface area contributed by atoms with Crippen LogP contribution in [0.5, 0.6) is 0 Å². The first-order valence-corrected chi connectivity index (χ1v) is 9.84. The minimum atomic E-state index is -0.146. The van der Waals surface area contributed by atoms with Gasteiger partial charge in [-0.05, 0) is 48.7 Å². The first-order valence-electron chi connectivity index (χ1n) is 8.61. The number of benzene rings is 2. The Morgan fingerprint density at radius 3 is 2.59 bits per heavy atom. The Kier molecular flexibility index (Phi) is 6.08. The molecule has 0 saturated carbocycles. The molecule has 1 fully saturated rings. The number of hydrogen-bond donors (Lipinski definition) is 1. The van der Waals surface area contributed by atoms with Crippen LogP contribution in [-0.4, -0.2) is 27.6 Å². The second kappa shape index (κ2) is 8.50. The third-order valence-electron chi connectivity index (χ3n) is 4.32. The maximum Gasteiger partial charge on any atom is 0.266 e. The number of carbonyl (C=O) groups excluding carboxylic acids is 2. The van der Waals surface area contributed by atoms with Crippen molar-refractivity contribution in [1.29, 1.82) is 0 Å². The van der Waals surface area contributed by atoms with Crippen molar-refractivity contribution in [2.24, 2.45) is 0 Å². The van der Waals surface area contributed by atoms with Crippen LogP contribution in [0.1, 0.15) is 23.1 Å². The first-order chi connectivity index (χ1) is 12.9. The number of thiocarbonyl (C=S) groups is 1. The Morgan fingerprint density at radius 1 is 1.15 bits per heavy atom. The van der Waals surface area contributed by atoms with Gasteiger partial charge >= 0.3 is 0 Å². The highest BCUT2D eigenvalue weighted by Crippen LogP contribution is 2.32. The van der Waals surface area contributed by atoms with Crippen molar-refractivity contribution in [3.8, 4) is 0 Å². The number of anilines is 1. The number of nitrogens with zero attached hydrogens (tertiary/aromatic N) is 1. The van der Waals surface area contributed by atoms with Gasteiger partial charge in [0, 0.05) is 18.7 Å². The quantitative estimate of drug-likeness (QED) is 0.596. The average molecular weight is 397 g/mol. The number of amides is 2. The molecule has 0 radical (unpaired) electrons. The summed E-state index contributed by atoms with van der Waals surface area (Å²) in [6.07, 6.45) is 2.02. The monoisotopic (exact) mass is 396 g/mol. The molecule has 1 aliphatic heterocycles. The number of nitrogens with one attached hydrogen (secondary N) is 1. The van der Waals surface area contributed by atoms with Crippen molar-refractivity contribution in [3.05, 3.63) is 70.1 Å². The molecule has 4 nitrogen and oxygen atoms in total. The van der Waals surface area contributed by atoms with E-state index < -0.39 is 0 Å². The van der Waals surface area contributed by atoms with Gasteiger partial charge in [0.25, 0.3) is 5.91 Å². The van der Waals surface area contributed by atoms with E-state index in [9.17, 15) is 9.59 Å². The molecule has 0 spiro atoms. The molecular weight excluding hydrogens is 376 g/mol. The summed E-state index contributed by atoms with van der Waals surface area (Å²) in [6.45, 7) is 4.30. The van der Waals surface area contributed by atoms with Gasteiger partial charge < -0.3 is 5.32 Å². The van der Waals surface area contributed by atoms with Crippen molar-refractivity contribution in [3.63, 3.8) is 0 Å². The summed E-state index contributed by atoms with van der Waals surface area (Å²) in [4.78, 5) is 26.9. The topological polar surface area (TPSA) is 49.4 Å². The van der Waals surface area contributed by atoms with Crippen LogP contribution in [0.25, 0.3) is 6.08 Å². The van der Waals surface area contributed by atoms with E-state index in [1.807, 2.05) is 68.5 Å². The molecule has 2 amide bonds. The van der Waals surface area contributed by atoms with Gasteiger partial charge in [-0.2, -0.15) is 0 Å². The van der Waals surface area contributed by atoms with Crippen LogP contribution in [0.4, 0.5) is 5.69 Å². The highest BCUT2D eigenvalue weighted by Gasteiger charge is 2.32. The molecule has 1 aliphatic rings. The predicted octanol–water partition coefficient (Wildman–Crippen LogP) is 4.53. The Hall–Kier alpha value is -2.44. The molecule has 27 heavy (non-hydrogen) atoms. The zero-order valence-electron chi connectivity index (χ0n) is 15.2.